The van der Waals surface area contributed by atoms with E-state index in [4.69, 9.17) is 5.26 Å². The zero-order chi connectivity index (χ0) is 14.5. The second-order valence-electron chi connectivity index (χ2n) is 4.58. The molecule has 1 aromatic heterocycles. The molecule has 0 aliphatic rings. The van der Waals surface area contributed by atoms with Gasteiger partial charge in [0.25, 0.3) is 5.91 Å². The fourth-order valence-electron chi connectivity index (χ4n) is 1.95. The lowest BCUT2D eigenvalue weighted by Crippen LogP contribution is -2.24. The molecule has 0 bridgehead atoms. The Morgan fingerprint density at radius 2 is 2.10 bits per heavy atom. The Hall–Kier alpha value is -2.67. The molecule has 0 saturated heterocycles. The minimum Gasteiger partial charge on any atom is -0.348 e. The minimum absolute atomic E-state index is 0.155. The van der Waals surface area contributed by atoms with Gasteiger partial charge in [-0.1, -0.05) is 12.1 Å². The zero-order valence-electron chi connectivity index (χ0n) is 11.5. The fourth-order valence-corrected chi connectivity index (χ4v) is 1.95. The molecule has 0 fully saturated rings. The number of benzene rings is 1. The molecular formula is C16H15N3O. The number of nitrogens with zero attached hydrogens (tertiary/aromatic N) is 2. The molecule has 0 unspecified atom stereocenters. The molecular weight excluding hydrogens is 250 g/mol. The van der Waals surface area contributed by atoms with Crippen molar-refractivity contribution >= 4 is 5.91 Å². The van der Waals surface area contributed by atoms with Crippen molar-refractivity contribution in [2.75, 3.05) is 0 Å². The molecule has 1 amide bonds. The maximum absolute atomic E-state index is 12.1. The van der Waals surface area contributed by atoms with Gasteiger partial charge in [0.05, 0.1) is 22.9 Å². The Bertz CT molecular complexity index is 686. The van der Waals surface area contributed by atoms with Gasteiger partial charge in [0, 0.05) is 12.2 Å². The molecule has 100 valence electrons. The van der Waals surface area contributed by atoms with Gasteiger partial charge in [0.2, 0.25) is 0 Å². The Morgan fingerprint density at radius 3 is 2.80 bits per heavy atom. The third kappa shape index (κ3) is 3.21. The first-order valence-corrected chi connectivity index (χ1v) is 6.31. The summed E-state index contributed by atoms with van der Waals surface area (Å²) in [5.74, 6) is -0.155. The molecule has 20 heavy (non-hydrogen) atoms. The van der Waals surface area contributed by atoms with Crippen molar-refractivity contribution in [2.24, 2.45) is 0 Å². The number of amides is 1. The largest absolute Gasteiger partial charge is 0.348 e. The van der Waals surface area contributed by atoms with Gasteiger partial charge in [-0.05, 0) is 43.7 Å². The van der Waals surface area contributed by atoms with Crippen LogP contribution in [0, 0.1) is 25.2 Å². The van der Waals surface area contributed by atoms with E-state index >= 15 is 0 Å². The van der Waals surface area contributed by atoms with E-state index in [2.05, 4.69) is 16.4 Å². The lowest BCUT2D eigenvalue weighted by atomic mass is 10.1. The van der Waals surface area contributed by atoms with Gasteiger partial charge in [-0.15, -0.1) is 0 Å². The number of carbonyl (C=O) groups is 1. The average molecular weight is 265 g/mol. The number of nitriles is 1. The van der Waals surface area contributed by atoms with Crippen LogP contribution in [0.3, 0.4) is 0 Å². The molecule has 0 atom stereocenters. The van der Waals surface area contributed by atoms with Crippen molar-refractivity contribution in [3.8, 4) is 6.07 Å². The number of rotatable bonds is 3. The average Bonchev–Trinajstić information content (AvgIpc) is 2.45. The Balaban J connectivity index is 2.07. The van der Waals surface area contributed by atoms with E-state index in [1.54, 1.807) is 24.3 Å². The van der Waals surface area contributed by atoms with Gasteiger partial charge >= 0.3 is 0 Å². The van der Waals surface area contributed by atoms with Gasteiger partial charge in [-0.3, -0.25) is 9.78 Å². The number of nitrogens with one attached hydrogen (secondary N) is 1. The summed E-state index contributed by atoms with van der Waals surface area (Å²) in [5, 5.41) is 11.7. The van der Waals surface area contributed by atoms with Crippen molar-refractivity contribution in [2.45, 2.75) is 20.4 Å². The molecule has 0 aliphatic heterocycles. The van der Waals surface area contributed by atoms with Crippen LogP contribution >= 0.6 is 0 Å². The van der Waals surface area contributed by atoms with Crippen molar-refractivity contribution in [1.82, 2.24) is 10.3 Å². The molecule has 1 N–H and O–H groups in total. The Labute approximate surface area is 118 Å². The highest BCUT2D eigenvalue weighted by Crippen LogP contribution is 2.08. The summed E-state index contributed by atoms with van der Waals surface area (Å²) in [6, 6.07) is 12.9. The van der Waals surface area contributed by atoms with Gasteiger partial charge in [0.1, 0.15) is 0 Å². The van der Waals surface area contributed by atoms with Crippen LogP contribution in [0.25, 0.3) is 0 Å². The van der Waals surface area contributed by atoms with Crippen molar-refractivity contribution in [3.05, 3.63) is 64.5 Å². The Morgan fingerprint density at radius 1 is 1.30 bits per heavy atom. The topological polar surface area (TPSA) is 65.8 Å². The molecule has 1 aromatic carbocycles. The third-order valence-corrected chi connectivity index (χ3v) is 2.98. The number of aryl methyl sites for hydroxylation is 2. The highest BCUT2D eigenvalue weighted by atomic mass is 16.1. The van der Waals surface area contributed by atoms with Gasteiger partial charge in [0.15, 0.2) is 0 Å². The first-order chi connectivity index (χ1) is 9.60. The van der Waals surface area contributed by atoms with Crippen molar-refractivity contribution in [3.63, 3.8) is 0 Å². The maximum Gasteiger partial charge on any atom is 0.253 e. The molecule has 2 aromatic rings. The maximum atomic E-state index is 12.1. The number of carbonyl (C=O) groups excluding carboxylic acids is 1. The number of pyridine rings is 1. The van der Waals surface area contributed by atoms with E-state index < -0.39 is 0 Å². The van der Waals surface area contributed by atoms with E-state index in [1.807, 2.05) is 26.0 Å². The van der Waals surface area contributed by atoms with Crippen LogP contribution in [0.1, 0.15) is 32.9 Å². The minimum atomic E-state index is -0.155. The monoisotopic (exact) mass is 265 g/mol. The summed E-state index contributed by atoms with van der Waals surface area (Å²) in [6.07, 6.45) is 0. The van der Waals surface area contributed by atoms with E-state index in [9.17, 15) is 4.79 Å². The predicted octanol–water partition coefficient (Wildman–Crippen LogP) is 2.50. The van der Waals surface area contributed by atoms with Crippen LogP contribution in [-0.4, -0.2) is 10.9 Å². The summed E-state index contributed by atoms with van der Waals surface area (Å²) in [5.41, 5.74) is 3.67. The van der Waals surface area contributed by atoms with E-state index in [1.165, 1.54) is 0 Å². The fraction of sp³-hybridized carbons (Fsp3) is 0.188. The van der Waals surface area contributed by atoms with Gasteiger partial charge in [-0.2, -0.15) is 5.26 Å². The molecule has 2 rings (SSSR count). The van der Waals surface area contributed by atoms with Crippen LogP contribution < -0.4 is 5.32 Å². The van der Waals surface area contributed by atoms with E-state index in [-0.39, 0.29) is 5.91 Å². The van der Waals surface area contributed by atoms with Gasteiger partial charge in [-0.25, -0.2) is 0 Å². The van der Waals surface area contributed by atoms with Crippen LogP contribution in [0.4, 0.5) is 0 Å². The zero-order valence-corrected chi connectivity index (χ0v) is 11.5. The smallest absolute Gasteiger partial charge is 0.253 e. The molecule has 4 nitrogen and oxygen atoms in total. The van der Waals surface area contributed by atoms with Crippen LogP contribution in [0.2, 0.25) is 0 Å². The summed E-state index contributed by atoms with van der Waals surface area (Å²) < 4.78 is 0. The Kier molecular flexibility index (Phi) is 4.11. The van der Waals surface area contributed by atoms with Crippen molar-refractivity contribution in [1.29, 1.82) is 5.26 Å². The molecule has 0 radical (unpaired) electrons. The first kappa shape index (κ1) is 13.8. The molecule has 4 heteroatoms. The number of hydrogen-bond donors (Lipinski definition) is 1. The standard InChI is InChI=1S/C16H15N3O/c1-11-6-7-15(12(2)19-11)16(20)18-10-14-5-3-4-13(8-14)9-17/h3-8H,10H2,1-2H3,(H,18,20). The van der Waals surface area contributed by atoms with Crippen LogP contribution in [0.15, 0.2) is 36.4 Å². The number of hydrogen-bond acceptors (Lipinski definition) is 3. The van der Waals surface area contributed by atoms with Crippen LogP contribution in [-0.2, 0) is 6.54 Å². The van der Waals surface area contributed by atoms with Gasteiger partial charge < -0.3 is 5.32 Å². The second kappa shape index (κ2) is 5.98. The van der Waals surface area contributed by atoms with Crippen LogP contribution in [0.5, 0.6) is 0 Å². The highest BCUT2D eigenvalue weighted by Gasteiger charge is 2.09. The normalized spacial score (nSPS) is 9.85. The molecule has 0 spiro atoms. The molecule has 0 aliphatic carbocycles. The SMILES string of the molecule is Cc1ccc(C(=O)NCc2cccc(C#N)c2)c(C)n1. The molecule has 0 saturated carbocycles. The van der Waals surface area contributed by atoms with Crippen molar-refractivity contribution < 1.29 is 4.79 Å². The highest BCUT2D eigenvalue weighted by molar-refractivity contribution is 5.95. The van der Waals surface area contributed by atoms with E-state index in [0.29, 0.717) is 23.4 Å². The summed E-state index contributed by atoms with van der Waals surface area (Å²) in [4.78, 5) is 16.4. The lowest BCUT2D eigenvalue weighted by Gasteiger charge is -2.08. The number of aromatic nitrogens is 1. The molecule has 1 heterocycles. The lowest BCUT2D eigenvalue weighted by molar-refractivity contribution is 0.0950. The van der Waals surface area contributed by atoms with E-state index in [0.717, 1.165) is 11.3 Å². The quantitative estimate of drug-likeness (QED) is 0.927. The first-order valence-electron chi connectivity index (χ1n) is 6.31. The summed E-state index contributed by atoms with van der Waals surface area (Å²) in [6.45, 7) is 4.10. The second-order valence-corrected chi connectivity index (χ2v) is 4.58. The summed E-state index contributed by atoms with van der Waals surface area (Å²) >= 11 is 0. The third-order valence-electron chi connectivity index (χ3n) is 2.98. The predicted molar refractivity (Wildman–Crippen MR) is 76.0 cm³/mol. The summed E-state index contributed by atoms with van der Waals surface area (Å²) in [7, 11) is 0.